The van der Waals surface area contributed by atoms with Gasteiger partial charge in [0.1, 0.15) is 0 Å². The maximum absolute atomic E-state index is 6.35. The highest BCUT2D eigenvalue weighted by molar-refractivity contribution is 7.80. The molecule has 1 heterocycles. The lowest BCUT2D eigenvalue weighted by Gasteiger charge is -2.36. The molecule has 3 nitrogen and oxygen atoms in total. The Balaban J connectivity index is 2.20. The third-order valence-corrected chi connectivity index (χ3v) is 3.73. The van der Waals surface area contributed by atoms with Crippen molar-refractivity contribution in [1.82, 2.24) is 0 Å². The Morgan fingerprint density at radius 3 is 2.89 bits per heavy atom. The quantitative estimate of drug-likeness (QED) is 0.817. The topological polar surface area (TPSA) is 41.3 Å². The summed E-state index contributed by atoms with van der Waals surface area (Å²) in [7, 11) is 0. The summed E-state index contributed by atoms with van der Waals surface area (Å²) >= 11 is 11.2. The van der Waals surface area contributed by atoms with Gasteiger partial charge in [0, 0.05) is 18.3 Å². The van der Waals surface area contributed by atoms with Crippen LogP contribution in [0.5, 0.6) is 0 Å². The Morgan fingerprint density at radius 1 is 1.50 bits per heavy atom. The van der Waals surface area contributed by atoms with Crippen molar-refractivity contribution in [2.45, 2.75) is 32.2 Å². The van der Waals surface area contributed by atoms with E-state index in [9.17, 15) is 0 Å². The molecule has 0 bridgehead atoms. The molecular weight excluding hydrogens is 266 g/mol. The van der Waals surface area contributed by atoms with Crippen LogP contribution in [0.2, 0.25) is 5.02 Å². The molecule has 1 aliphatic rings. The van der Waals surface area contributed by atoms with Gasteiger partial charge in [0.2, 0.25) is 0 Å². The van der Waals surface area contributed by atoms with Gasteiger partial charge in [0.25, 0.3) is 0 Å². The van der Waals surface area contributed by atoms with Gasteiger partial charge in [-0.05, 0) is 56.6 Å². The minimum atomic E-state index is 0.255. The second kappa shape index (κ2) is 5.76. The van der Waals surface area contributed by atoms with Crippen LogP contribution in [-0.2, 0) is 0 Å². The maximum atomic E-state index is 6.35. The van der Waals surface area contributed by atoms with Crippen LogP contribution < -0.4 is 16.0 Å². The number of benzene rings is 1. The molecule has 2 rings (SSSR count). The molecular formula is C13H18ClN3S. The smallest absolute Gasteiger partial charge is 0.168 e. The SMILES string of the molecule is CC1CCCCN1c1ccc(NC(N)=S)cc1Cl. The Bertz CT molecular complexity index is 450. The van der Waals surface area contributed by atoms with Crippen molar-refractivity contribution in [3.8, 4) is 0 Å². The van der Waals surface area contributed by atoms with Gasteiger partial charge in [-0.1, -0.05) is 11.6 Å². The normalized spacial score (nSPS) is 19.7. The summed E-state index contributed by atoms with van der Waals surface area (Å²) < 4.78 is 0. The predicted molar refractivity (Wildman–Crippen MR) is 82.5 cm³/mol. The Kier molecular flexibility index (Phi) is 4.30. The van der Waals surface area contributed by atoms with E-state index >= 15 is 0 Å². The van der Waals surface area contributed by atoms with Crippen LogP contribution in [0, 0.1) is 0 Å². The third-order valence-electron chi connectivity index (χ3n) is 3.33. The van der Waals surface area contributed by atoms with E-state index in [4.69, 9.17) is 29.6 Å². The van der Waals surface area contributed by atoms with E-state index in [2.05, 4.69) is 17.1 Å². The molecule has 5 heteroatoms. The average Bonchev–Trinajstić information content (AvgIpc) is 2.30. The summed E-state index contributed by atoms with van der Waals surface area (Å²) in [6.07, 6.45) is 3.76. The average molecular weight is 284 g/mol. The van der Waals surface area contributed by atoms with Crippen LogP contribution in [0.1, 0.15) is 26.2 Å². The number of nitrogens with zero attached hydrogens (tertiary/aromatic N) is 1. The van der Waals surface area contributed by atoms with Gasteiger partial charge < -0.3 is 16.0 Å². The minimum absolute atomic E-state index is 0.255. The Labute approximate surface area is 118 Å². The van der Waals surface area contributed by atoms with E-state index < -0.39 is 0 Å². The molecule has 1 aromatic carbocycles. The molecule has 0 aromatic heterocycles. The van der Waals surface area contributed by atoms with E-state index in [1.807, 2.05) is 18.2 Å². The van der Waals surface area contributed by atoms with Crippen molar-refractivity contribution in [3.63, 3.8) is 0 Å². The standard InChI is InChI=1S/C13H18ClN3S/c1-9-4-2-3-7-17(9)12-6-5-10(8-11(12)14)16-13(15)18/h5-6,8-9H,2-4,7H2,1H3,(H3,15,16,18). The number of thiocarbonyl (C=S) groups is 1. The van der Waals surface area contributed by atoms with Crippen LogP contribution in [0.3, 0.4) is 0 Å². The van der Waals surface area contributed by atoms with Crippen molar-refractivity contribution in [2.75, 3.05) is 16.8 Å². The number of nitrogens with one attached hydrogen (secondary N) is 1. The zero-order chi connectivity index (χ0) is 13.1. The van der Waals surface area contributed by atoms with Gasteiger partial charge in [0.05, 0.1) is 10.7 Å². The molecule has 3 N–H and O–H groups in total. The number of hydrogen-bond acceptors (Lipinski definition) is 2. The first-order valence-corrected chi connectivity index (χ1v) is 6.99. The highest BCUT2D eigenvalue weighted by atomic mass is 35.5. The molecule has 0 radical (unpaired) electrons. The van der Waals surface area contributed by atoms with Crippen molar-refractivity contribution in [1.29, 1.82) is 0 Å². The number of rotatable bonds is 2. The summed E-state index contributed by atoms with van der Waals surface area (Å²) in [4.78, 5) is 2.37. The molecule has 98 valence electrons. The van der Waals surface area contributed by atoms with Crippen LogP contribution in [-0.4, -0.2) is 17.7 Å². The fraction of sp³-hybridized carbons (Fsp3) is 0.462. The van der Waals surface area contributed by atoms with E-state index in [1.54, 1.807) is 0 Å². The number of halogens is 1. The van der Waals surface area contributed by atoms with Crippen LogP contribution >= 0.6 is 23.8 Å². The molecule has 0 saturated carbocycles. The van der Waals surface area contributed by atoms with E-state index in [0.717, 1.165) is 22.9 Å². The summed E-state index contributed by atoms with van der Waals surface area (Å²) in [5.41, 5.74) is 7.37. The van der Waals surface area contributed by atoms with Gasteiger partial charge in [0.15, 0.2) is 5.11 Å². The van der Waals surface area contributed by atoms with E-state index in [-0.39, 0.29) is 5.11 Å². The monoisotopic (exact) mass is 283 g/mol. The highest BCUT2D eigenvalue weighted by Crippen LogP contribution is 2.32. The molecule has 1 atom stereocenters. The van der Waals surface area contributed by atoms with Gasteiger partial charge in [-0.2, -0.15) is 0 Å². The van der Waals surface area contributed by atoms with Crippen LogP contribution in [0.15, 0.2) is 18.2 Å². The molecule has 0 aliphatic carbocycles. The van der Waals surface area contributed by atoms with Gasteiger partial charge in [-0.25, -0.2) is 0 Å². The first-order chi connectivity index (χ1) is 8.58. The largest absolute Gasteiger partial charge is 0.376 e. The second-order valence-electron chi connectivity index (χ2n) is 4.69. The van der Waals surface area contributed by atoms with Gasteiger partial charge in [-0.3, -0.25) is 0 Å². The fourth-order valence-corrected chi connectivity index (χ4v) is 2.82. The predicted octanol–water partition coefficient (Wildman–Crippen LogP) is 3.37. The number of anilines is 2. The van der Waals surface area contributed by atoms with E-state index in [0.29, 0.717) is 6.04 Å². The molecule has 0 spiro atoms. The van der Waals surface area contributed by atoms with Gasteiger partial charge in [-0.15, -0.1) is 0 Å². The first-order valence-electron chi connectivity index (χ1n) is 6.20. The molecule has 1 aliphatic heterocycles. The lowest BCUT2D eigenvalue weighted by Crippen LogP contribution is -2.37. The lowest BCUT2D eigenvalue weighted by atomic mass is 10.0. The summed E-state index contributed by atoms with van der Waals surface area (Å²) in [6, 6.07) is 6.41. The van der Waals surface area contributed by atoms with Crippen molar-refractivity contribution >= 4 is 40.3 Å². The first kappa shape index (κ1) is 13.4. The van der Waals surface area contributed by atoms with Crippen molar-refractivity contribution < 1.29 is 0 Å². The molecule has 1 unspecified atom stereocenters. The summed E-state index contributed by atoms with van der Waals surface area (Å²) in [6.45, 7) is 3.32. The zero-order valence-electron chi connectivity index (χ0n) is 10.4. The van der Waals surface area contributed by atoms with Crippen molar-refractivity contribution in [3.05, 3.63) is 23.2 Å². The second-order valence-corrected chi connectivity index (χ2v) is 5.54. The maximum Gasteiger partial charge on any atom is 0.168 e. The molecule has 1 saturated heterocycles. The highest BCUT2D eigenvalue weighted by Gasteiger charge is 2.20. The minimum Gasteiger partial charge on any atom is -0.376 e. The van der Waals surface area contributed by atoms with Crippen LogP contribution in [0.25, 0.3) is 0 Å². The van der Waals surface area contributed by atoms with Crippen LogP contribution in [0.4, 0.5) is 11.4 Å². The number of piperidine rings is 1. The summed E-state index contributed by atoms with van der Waals surface area (Å²) in [5.74, 6) is 0. The molecule has 1 fully saturated rings. The molecule has 1 aromatic rings. The van der Waals surface area contributed by atoms with Gasteiger partial charge >= 0.3 is 0 Å². The fourth-order valence-electron chi connectivity index (χ4n) is 2.42. The van der Waals surface area contributed by atoms with E-state index in [1.165, 1.54) is 19.3 Å². The Morgan fingerprint density at radius 2 is 2.28 bits per heavy atom. The van der Waals surface area contributed by atoms with Crippen molar-refractivity contribution in [2.24, 2.45) is 5.73 Å². The zero-order valence-corrected chi connectivity index (χ0v) is 12.0. The third kappa shape index (κ3) is 3.06. The summed E-state index contributed by atoms with van der Waals surface area (Å²) in [5, 5.41) is 3.89. The number of hydrogen-bond donors (Lipinski definition) is 2. The molecule has 0 amide bonds. The molecule has 18 heavy (non-hydrogen) atoms. The lowest BCUT2D eigenvalue weighted by molar-refractivity contribution is 0.485. The number of nitrogens with two attached hydrogens (primary N) is 1. The Hall–Kier alpha value is -1.00.